The smallest absolute Gasteiger partial charge is 0.220 e. The number of allylic oxidation sites excluding steroid dienone is 1. The number of carbonyl (C=O) groups is 1. The van der Waals surface area contributed by atoms with Crippen molar-refractivity contribution < 1.29 is 4.79 Å². The van der Waals surface area contributed by atoms with Crippen LogP contribution < -0.4 is 5.32 Å². The van der Waals surface area contributed by atoms with Gasteiger partial charge in [0.15, 0.2) is 0 Å². The van der Waals surface area contributed by atoms with Crippen LogP contribution in [0.5, 0.6) is 0 Å². The molecule has 2 rings (SSSR count). The summed E-state index contributed by atoms with van der Waals surface area (Å²) < 4.78 is 0. The van der Waals surface area contributed by atoms with Gasteiger partial charge in [-0.05, 0) is 31.3 Å². The molecule has 5 heteroatoms. The molecule has 1 aromatic heterocycles. The Bertz CT molecular complexity index is 617. The summed E-state index contributed by atoms with van der Waals surface area (Å²) >= 11 is 0. The van der Waals surface area contributed by atoms with E-state index in [1.165, 1.54) is 0 Å². The quantitative estimate of drug-likeness (QED) is 0.802. The number of aromatic amines is 1. The fraction of sp³-hybridized carbons (Fsp3) is 0.579. The molecule has 5 nitrogen and oxygen atoms in total. The molecule has 2 N–H and O–H groups in total. The Kier molecular flexibility index (Phi) is 5.86. The lowest BCUT2D eigenvalue weighted by atomic mass is 9.99. The molecule has 0 bridgehead atoms. The zero-order valence-corrected chi connectivity index (χ0v) is 15.4. The highest BCUT2D eigenvalue weighted by Crippen LogP contribution is 2.35. The maximum Gasteiger partial charge on any atom is 0.220 e. The number of hydrogen-bond acceptors (Lipinski definition) is 3. The molecule has 1 aliphatic rings. The van der Waals surface area contributed by atoms with E-state index >= 15 is 0 Å². The first kappa shape index (κ1) is 18.3. The summed E-state index contributed by atoms with van der Waals surface area (Å²) in [5.41, 5.74) is 2.93. The third-order valence-corrected chi connectivity index (χ3v) is 4.66. The fourth-order valence-electron chi connectivity index (χ4n) is 3.21. The number of aromatic nitrogens is 2. The Labute approximate surface area is 145 Å². The Balaban J connectivity index is 2.19. The average Bonchev–Trinajstić information content (AvgIpc) is 3.19. The van der Waals surface area contributed by atoms with Crippen molar-refractivity contribution in [2.75, 3.05) is 6.54 Å². The molecular weight excluding hydrogens is 300 g/mol. The van der Waals surface area contributed by atoms with E-state index < -0.39 is 0 Å². The number of nitrogens with zero attached hydrogens (tertiary/aromatic N) is 2. The van der Waals surface area contributed by atoms with E-state index in [1.54, 1.807) is 0 Å². The lowest BCUT2D eigenvalue weighted by molar-refractivity contribution is -0.121. The van der Waals surface area contributed by atoms with E-state index in [4.69, 9.17) is 0 Å². The van der Waals surface area contributed by atoms with Crippen LogP contribution in [-0.4, -0.2) is 33.4 Å². The van der Waals surface area contributed by atoms with E-state index in [1.807, 2.05) is 20.0 Å². The van der Waals surface area contributed by atoms with Crippen molar-refractivity contribution in [3.8, 4) is 0 Å². The monoisotopic (exact) mass is 330 g/mol. The summed E-state index contributed by atoms with van der Waals surface area (Å²) in [5, 5.41) is 3.11. The van der Waals surface area contributed by atoms with Gasteiger partial charge in [0, 0.05) is 18.7 Å². The molecule has 1 fully saturated rings. The molecule has 1 amide bonds. The van der Waals surface area contributed by atoms with Crippen molar-refractivity contribution in [2.45, 2.75) is 59.0 Å². The zero-order chi connectivity index (χ0) is 17.9. The molecule has 1 saturated heterocycles. The zero-order valence-electron chi connectivity index (χ0n) is 15.4. The topological polar surface area (TPSA) is 61.0 Å². The van der Waals surface area contributed by atoms with Crippen LogP contribution in [0.15, 0.2) is 25.1 Å². The largest absolute Gasteiger partial charge is 0.363 e. The molecule has 0 saturated carbocycles. The van der Waals surface area contributed by atoms with Gasteiger partial charge in [0.2, 0.25) is 5.91 Å². The first-order chi connectivity index (χ1) is 11.3. The van der Waals surface area contributed by atoms with Crippen molar-refractivity contribution in [2.24, 2.45) is 5.92 Å². The molecular formula is C19H30N4O. The van der Waals surface area contributed by atoms with Crippen LogP contribution in [0.1, 0.15) is 64.5 Å². The van der Waals surface area contributed by atoms with Crippen LogP contribution in [0.3, 0.4) is 0 Å². The molecule has 2 atom stereocenters. The predicted octanol–water partition coefficient (Wildman–Crippen LogP) is 3.64. The second-order valence-electron chi connectivity index (χ2n) is 6.95. The number of nitrogens with one attached hydrogen (secondary N) is 2. The van der Waals surface area contributed by atoms with Crippen LogP contribution >= 0.6 is 0 Å². The van der Waals surface area contributed by atoms with Gasteiger partial charge in [0.1, 0.15) is 5.82 Å². The molecule has 24 heavy (non-hydrogen) atoms. The molecule has 0 spiro atoms. The SMILES string of the molecule is C=C(C)c1cnc(C2CCCN2C(=C)C(NC(=O)CC)C(C)C)[nH]1. The predicted molar refractivity (Wildman–Crippen MR) is 98.2 cm³/mol. The van der Waals surface area contributed by atoms with E-state index in [0.717, 1.165) is 42.2 Å². The van der Waals surface area contributed by atoms with Gasteiger partial charge in [-0.1, -0.05) is 33.9 Å². The number of H-pyrrole nitrogens is 1. The Morgan fingerprint density at radius 2 is 2.21 bits per heavy atom. The third kappa shape index (κ3) is 3.89. The summed E-state index contributed by atoms with van der Waals surface area (Å²) in [5.74, 6) is 1.31. The lowest BCUT2D eigenvalue weighted by Gasteiger charge is -2.34. The number of hydrogen-bond donors (Lipinski definition) is 2. The molecule has 0 aromatic carbocycles. The summed E-state index contributed by atoms with van der Waals surface area (Å²) in [7, 11) is 0. The Morgan fingerprint density at radius 3 is 2.75 bits per heavy atom. The summed E-state index contributed by atoms with van der Waals surface area (Å²) in [6.45, 7) is 17.3. The maximum absolute atomic E-state index is 11.9. The van der Waals surface area contributed by atoms with Gasteiger partial charge < -0.3 is 15.2 Å². The van der Waals surface area contributed by atoms with Crippen LogP contribution in [0.25, 0.3) is 5.57 Å². The Hall–Kier alpha value is -2.04. The number of likely N-dealkylation sites (tertiary alicyclic amines) is 1. The second-order valence-corrected chi connectivity index (χ2v) is 6.95. The van der Waals surface area contributed by atoms with Gasteiger partial charge in [0.25, 0.3) is 0 Å². The van der Waals surface area contributed by atoms with Crippen molar-refractivity contribution in [3.63, 3.8) is 0 Å². The highest BCUT2D eigenvalue weighted by atomic mass is 16.1. The maximum atomic E-state index is 11.9. The summed E-state index contributed by atoms with van der Waals surface area (Å²) in [6.07, 6.45) is 4.46. The van der Waals surface area contributed by atoms with Gasteiger partial charge in [-0.25, -0.2) is 4.98 Å². The first-order valence-corrected chi connectivity index (χ1v) is 8.80. The standard InChI is InChI=1S/C19H30N4O/c1-7-17(24)22-18(13(4)5)14(6)23-10-8-9-16(23)19-20-11-15(21-19)12(2)3/h11,13,16,18H,2,6-10H2,1,3-5H3,(H,20,21)(H,22,24). The number of amides is 1. The number of carbonyl (C=O) groups excluding carboxylic acids is 1. The van der Waals surface area contributed by atoms with Crippen molar-refractivity contribution >= 4 is 11.5 Å². The Morgan fingerprint density at radius 1 is 1.50 bits per heavy atom. The van der Waals surface area contributed by atoms with Gasteiger partial charge in [-0.3, -0.25) is 4.79 Å². The first-order valence-electron chi connectivity index (χ1n) is 8.80. The molecule has 0 aliphatic carbocycles. The molecule has 132 valence electrons. The third-order valence-electron chi connectivity index (χ3n) is 4.66. The lowest BCUT2D eigenvalue weighted by Crippen LogP contribution is -2.44. The van der Waals surface area contributed by atoms with Crippen molar-refractivity contribution in [3.05, 3.63) is 36.6 Å². The highest BCUT2D eigenvalue weighted by molar-refractivity contribution is 5.76. The van der Waals surface area contributed by atoms with E-state index in [-0.39, 0.29) is 23.9 Å². The molecule has 0 radical (unpaired) electrons. The average molecular weight is 330 g/mol. The molecule has 1 aliphatic heterocycles. The second kappa shape index (κ2) is 7.69. The van der Waals surface area contributed by atoms with Crippen LogP contribution in [-0.2, 0) is 4.79 Å². The minimum atomic E-state index is -0.0476. The summed E-state index contributed by atoms with van der Waals surface area (Å²) in [6, 6.07) is 0.138. The normalized spacial score (nSPS) is 18.7. The summed E-state index contributed by atoms with van der Waals surface area (Å²) in [4.78, 5) is 22.1. The minimum absolute atomic E-state index is 0.0476. The van der Waals surface area contributed by atoms with Crippen LogP contribution in [0.4, 0.5) is 0 Å². The van der Waals surface area contributed by atoms with E-state index in [0.29, 0.717) is 6.42 Å². The van der Waals surface area contributed by atoms with Crippen LogP contribution in [0, 0.1) is 5.92 Å². The van der Waals surface area contributed by atoms with Gasteiger partial charge >= 0.3 is 0 Å². The van der Waals surface area contributed by atoms with Crippen LogP contribution in [0.2, 0.25) is 0 Å². The van der Waals surface area contributed by atoms with Gasteiger partial charge in [-0.15, -0.1) is 0 Å². The van der Waals surface area contributed by atoms with Crippen molar-refractivity contribution in [1.29, 1.82) is 0 Å². The van der Waals surface area contributed by atoms with E-state index in [2.05, 4.69) is 47.2 Å². The van der Waals surface area contributed by atoms with Gasteiger partial charge in [0.05, 0.1) is 24.0 Å². The van der Waals surface area contributed by atoms with Gasteiger partial charge in [-0.2, -0.15) is 0 Å². The molecule has 2 unspecified atom stereocenters. The number of imidazole rings is 1. The molecule has 2 heterocycles. The fourth-order valence-corrected chi connectivity index (χ4v) is 3.21. The number of rotatable bonds is 7. The van der Waals surface area contributed by atoms with E-state index in [9.17, 15) is 4.79 Å². The van der Waals surface area contributed by atoms with Crippen molar-refractivity contribution in [1.82, 2.24) is 20.2 Å². The molecule has 1 aromatic rings. The minimum Gasteiger partial charge on any atom is -0.363 e. The highest BCUT2D eigenvalue weighted by Gasteiger charge is 2.33.